The number of nitrogens with two attached hydrogens (primary N) is 1. The lowest BCUT2D eigenvalue weighted by molar-refractivity contribution is 0.665. The molecule has 5 nitrogen and oxygen atoms in total. The number of amidine groups is 1. The zero-order valence-corrected chi connectivity index (χ0v) is 31.0. The molecule has 8 aromatic carbocycles. The van der Waals surface area contributed by atoms with E-state index >= 15 is 0 Å². The van der Waals surface area contributed by atoms with E-state index in [4.69, 9.17) is 19.6 Å². The molecule has 2 heterocycles. The van der Waals surface area contributed by atoms with Gasteiger partial charge in [0.25, 0.3) is 0 Å². The molecule has 57 heavy (non-hydrogen) atoms. The molecule has 0 saturated carbocycles. The summed E-state index contributed by atoms with van der Waals surface area (Å²) in [6.07, 6.45) is -0.634. The number of hydrogen-bond acceptors (Lipinski definition) is 4. The molecule has 0 aliphatic rings. The largest absolute Gasteiger partial charge is 0.456 e. The van der Waals surface area contributed by atoms with Crippen LogP contribution in [-0.4, -0.2) is 5.84 Å². The minimum Gasteiger partial charge on any atom is -0.456 e. The van der Waals surface area contributed by atoms with Crippen molar-refractivity contribution in [1.82, 2.24) is 5.32 Å². The van der Waals surface area contributed by atoms with Crippen LogP contribution < -0.4 is 11.1 Å². The fraction of sp³-hybridized carbons (Fsp3) is 0.0192. The van der Waals surface area contributed by atoms with Crippen LogP contribution in [0, 0.1) is 0 Å². The molecule has 0 radical (unpaired) electrons. The van der Waals surface area contributed by atoms with Crippen LogP contribution in [0.15, 0.2) is 208 Å². The monoisotopic (exact) mass is 735 g/mol. The van der Waals surface area contributed by atoms with Gasteiger partial charge in [-0.25, -0.2) is 4.99 Å². The SMILES string of the molecule is C=C(/N=C(\NC(N)c1ccc2oc3ccc(-c4ccccc4)cc3c2c1)c1cc(-c2ccccc2)cc(-c2ccccc2)c1)c1cccc2c1oc1ccccc12. The van der Waals surface area contributed by atoms with E-state index in [-0.39, 0.29) is 0 Å². The van der Waals surface area contributed by atoms with Crippen molar-refractivity contribution < 1.29 is 8.83 Å². The first-order valence-corrected chi connectivity index (χ1v) is 19.0. The summed E-state index contributed by atoms with van der Waals surface area (Å²) in [5.74, 6) is 0.582. The molecule has 3 N–H and O–H groups in total. The maximum Gasteiger partial charge on any atom is 0.144 e. The first-order valence-electron chi connectivity index (χ1n) is 19.0. The molecule has 10 aromatic rings. The van der Waals surface area contributed by atoms with E-state index in [2.05, 4.69) is 133 Å². The van der Waals surface area contributed by atoms with Crippen molar-refractivity contribution in [2.45, 2.75) is 6.17 Å². The van der Waals surface area contributed by atoms with Crippen LogP contribution in [0.4, 0.5) is 0 Å². The van der Waals surface area contributed by atoms with Gasteiger partial charge in [0.2, 0.25) is 0 Å². The van der Waals surface area contributed by atoms with Crippen LogP contribution in [0.3, 0.4) is 0 Å². The Kier molecular flexibility index (Phi) is 8.55. The van der Waals surface area contributed by atoms with Crippen LogP contribution in [0.5, 0.6) is 0 Å². The minimum atomic E-state index is -0.634. The Morgan fingerprint density at radius 2 is 1.04 bits per heavy atom. The number of furan rings is 2. The van der Waals surface area contributed by atoms with Gasteiger partial charge in [0, 0.05) is 32.7 Å². The van der Waals surface area contributed by atoms with Gasteiger partial charge in [-0.3, -0.25) is 0 Å². The molecule has 0 spiro atoms. The van der Waals surface area contributed by atoms with E-state index in [1.54, 1.807) is 0 Å². The molecule has 1 unspecified atom stereocenters. The topological polar surface area (TPSA) is 76.7 Å². The number of nitrogens with zero attached hydrogens (tertiary/aromatic N) is 1. The molecule has 10 rings (SSSR count). The lowest BCUT2D eigenvalue weighted by atomic mass is 9.95. The lowest BCUT2D eigenvalue weighted by Gasteiger charge is -2.20. The maximum atomic E-state index is 7.14. The summed E-state index contributed by atoms with van der Waals surface area (Å²) in [6.45, 7) is 4.51. The van der Waals surface area contributed by atoms with Crippen LogP contribution in [0.25, 0.3) is 83.0 Å². The molecular formula is C52H37N3O2. The van der Waals surface area contributed by atoms with Gasteiger partial charge in [-0.1, -0.05) is 140 Å². The van der Waals surface area contributed by atoms with Crippen molar-refractivity contribution in [1.29, 1.82) is 0 Å². The quantitative estimate of drug-likeness (QED) is 0.0925. The molecule has 0 bridgehead atoms. The smallest absolute Gasteiger partial charge is 0.144 e. The fourth-order valence-electron chi connectivity index (χ4n) is 7.74. The highest BCUT2D eigenvalue weighted by atomic mass is 16.3. The molecule has 0 amide bonds. The van der Waals surface area contributed by atoms with Gasteiger partial charge in [-0.05, 0) is 93.5 Å². The van der Waals surface area contributed by atoms with Crippen LogP contribution in [0.1, 0.15) is 22.9 Å². The average Bonchev–Trinajstić information content (AvgIpc) is 3.84. The molecular weight excluding hydrogens is 699 g/mol. The Morgan fingerprint density at radius 1 is 0.474 bits per heavy atom. The molecule has 0 saturated heterocycles. The Hall–Kier alpha value is -7.47. The molecule has 5 heteroatoms. The van der Waals surface area contributed by atoms with Crippen molar-refractivity contribution in [3.63, 3.8) is 0 Å². The Balaban J connectivity index is 1.11. The van der Waals surface area contributed by atoms with Gasteiger partial charge in [0.05, 0.1) is 5.70 Å². The summed E-state index contributed by atoms with van der Waals surface area (Å²) in [4.78, 5) is 5.27. The van der Waals surface area contributed by atoms with E-state index in [1.165, 1.54) is 0 Å². The van der Waals surface area contributed by atoms with Gasteiger partial charge < -0.3 is 19.9 Å². The second kappa shape index (κ2) is 14.3. The van der Waals surface area contributed by atoms with Gasteiger partial charge in [-0.2, -0.15) is 0 Å². The number of rotatable bonds is 8. The van der Waals surface area contributed by atoms with E-state index in [0.29, 0.717) is 11.5 Å². The Bertz CT molecular complexity index is 3070. The van der Waals surface area contributed by atoms with Crippen molar-refractivity contribution in [3.8, 4) is 33.4 Å². The van der Waals surface area contributed by atoms with E-state index in [9.17, 15) is 0 Å². The second-order valence-corrected chi connectivity index (χ2v) is 14.3. The molecule has 0 aliphatic carbocycles. The van der Waals surface area contributed by atoms with Crippen LogP contribution in [-0.2, 0) is 0 Å². The third-order valence-corrected chi connectivity index (χ3v) is 10.6. The molecule has 1 atom stereocenters. The van der Waals surface area contributed by atoms with Gasteiger partial charge in [0.1, 0.15) is 34.3 Å². The third-order valence-electron chi connectivity index (χ3n) is 10.6. The number of nitrogens with one attached hydrogen (secondary N) is 1. The second-order valence-electron chi connectivity index (χ2n) is 14.3. The van der Waals surface area contributed by atoms with E-state index in [0.717, 1.165) is 93.9 Å². The van der Waals surface area contributed by atoms with Crippen LogP contribution in [0.2, 0.25) is 0 Å². The predicted octanol–water partition coefficient (Wildman–Crippen LogP) is 13.2. The Labute approximate surface area is 330 Å². The normalized spacial score (nSPS) is 12.4. The summed E-state index contributed by atoms with van der Waals surface area (Å²) in [7, 11) is 0. The number of para-hydroxylation sites is 2. The van der Waals surface area contributed by atoms with E-state index < -0.39 is 6.17 Å². The van der Waals surface area contributed by atoms with Gasteiger partial charge >= 0.3 is 0 Å². The van der Waals surface area contributed by atoms with Crippen molar-refractivity contribution in [2.24, 2.45) is 10.7 Å². The summed E-state index contributed by atoms with van der Waals surface area (Å²) in [6, 6.07) is 64.3. The van der Waals surface area contributed by atoms with E-state index in [1.807, 2.05) is 66.7 Å². The molecule has 0 aliphatic heterocycles. The molecule has 0 fully saturated rings. The zero-order chi connectivity index (χ0) is 38.3. The third kappa shape index (κ3) is 6.46. The summed E-state index contributed by atoms with van der Waals surface area (Å²) in [5.41, 5.74) is 20.0. The zero-order valence-electron chi connectivity index (χ0n) is 31.0. The van der Waals surface area contributed by atoms with Crippen molar-refractivity contribution in [3.05, 3.63) is 211 Å². The van der Waals surface area contributed by atoms with Crippen molar-refractivity contribution >= 4 is 55.4 Å². The fourth-order valence-corrected chi connectivity index (χ4v) is 7.74. The maximum absolute atomic E-state index is 7.14. The standard InChI is InChI=1S/C52H37N3O2/c1-33(42-21-13-22-44-43-20-11-12-23-47(43)57-50(42)44)54-52(41-29-39(35-16-7-3-8-17-35)28-40(30-41)36-18-9-4-10-19-36)55-51(53)38-25-27-49-46(32-38)45-31-37(24-26-48(45)56-49)34-14-5-2-6-15-34/h2-32,51H,1,53H2,(H,54,55). The highest BCUT2D eigenvalue weighted by Gasteiger charge is 2.19. The lowest BCUT2D eigenvalue weighted by Crippen LogP contribution is -2.34. The van der Waals surface area contributed by atoms with Crippen molar-refractivity contribution in [2.75, 3.05) is 0 Å². The summed E-state index contributed by atoms with van der Waals surface area (Å²) >= 11 is 0. The average molecular weight is 736 g/mol. The highest BCUT2D eigenvalue weighted by Crippen LogP contribution is 2.36. The highest BCUT2D eigenvalue weighted by molar-refractivity contribution is 6.10. The number of aliphatic imine (C=N–C) groups is 1. The summed E-state index contributed by atoms with van der Waals surface area (Å²) < 4.78 is 12.7. The first-order chi connectivity index (χ1) is 28.1. The van der Waals surface area contributed by atoms with Gasteiger partial charge in [-0.15, -0.1) is 0 Å². The van der Waals surface area contributed by atoms with Gasteiger partial charge in [0.15, 0.2) is 0 Å². The number of hydrogen-bond donors (Lipinski definition) is 2. The molecule has 272 valence electrons. The minimum absolute atomic E-state index is 0.547. The number of fused-ring (bicyclic) bond motifs is 6. The summed E-state index contributed by atoms with van der Waals surface area (Å²) in [5, 5.41) is 7.72. The predicted molar refractivity (Wildman–Crippen MR) is 236 cm³/mol. The Morgan fingerprint density at radius 3 is 1.72 bits per heavy atom. The van der Waals surface area contributed by atoms with Crippen LogP contribution >= 0.6 is 0 Å². The first kappa shape index (κ1) is 34.1. The number of benzene rings is 8. The molecule has 2 aromatic heterocycles.